The summed E-state index contributed by atoms with van der Waals surface area (Å²) < 4.78 is 0. The van der Waals surface area contributed by atoms with Crippen molar-refractivity contribution in [2.45, 2.75) is 39.7 Å². The van der Waals surface area contributed by atoms with E-state index in [9.17, 15) is 4.79 Å². The van der Waals surface area contributed by atoms with Crippen molar-refractivity contribution < 1.29 is 4.79 Å². The molecule has 0 bridgehead atoms. The fourth-order valence-electron chi connectivity index (χ4n) is 3.77. The minimum absolute atomic E-state index is 0.243. The predicted octanol–water partition coefficient (Wildman–Crippen LogP) is 4.20. The van der Waals surface area contributed by atoms with Gasteiger partial charge in [0.25, 0.3) is 0 Å². The SMILES string of the molecule is CCc1nnc(N2CCc3c(cccc3NC(=O)Nc3ccccc3)C2)nc1CC. The lowest BCUT2D eigenvalue weighted by Gasteiger charge is -2.30. The molecule has 0 radical (unpaired) electrons. The standard InChI is InChI=1S/C23H26N6O/c1-3-19-20(4-2)27-28-22(25-19)29-14-13-18-16(15-29)9-8-12-21(18)26-23(30)24-17-10-6-5-7-11-17/h5-12H,3-4,13-15H2,1-2H3,(H2,24,26,30). The average molecular weight is 403 g/mol. The second kappa shape index (κ2) is 8.90. The van der Waals surface area contributed by atoms with Crippen molar-refractivity contribution in [1.82, 2.24) is 15.2 Å². The Morgan fingerprint density at radius 2 is 1.77 bits per heavy atom. The molecule has 2 heterocycles. The average Bonchev–Trinajstić information content (AvgIpc) is 2.79. The van der Waals surface area contributed by atoms with E-state index in [0.29, 0.717) is 12.5 Å². The van der Waals surface area contributed by atoms with E-state index in [2.05, 4.69) is 45.6 Å². The number of amides is 2. The first-order valence-electron chi connectivity index (χ1n) is 10.4. The lowest BCUT2D eigenvalue weighted by atomic mass is 9.98. The van der Waals surface area contributed by atoms with Gasteiger partial charge < -0.3 is 15.5 Å². The lowest BCUT2D eigenvalue weighted by molar-refractivity contribution is 0.262. The Kier molecular flexibility index (Phi) is 5.88. The van der Waals surface area contributed by atoms with Gasteiger partial charge in [0.05, 0.1) is 11.4 Å². The van der Waals surface area contributed by atoms with Crippen LogP contribution in [-0.2, 0) is 25.8 Å². The third-order valence-electron chi connectivity index (χ3n) is 5.33. The summed E-state index contributed by atoms with van der Waals surface area (Å²) in [6.45, 7) is 5.64. The molecule has 2 N–H and O–H groups in total. The summed E-state index contributed by atoms with van der Waals surface area (Å²) in [5.41, 5.74) is 5.91. The summed E-state index contributed by atoms with van der Waals surface area (Å²) in [6, 6.07) is 15.2. The molecular weight excluding hydrogens is 376 g/mol. The molecule has 7 heteroatoms. The number of carbonyl (C=O) groups excluding carboxylic acids is 1. The van der Waals surface area contributed by atoms with Gasteiger partial charge in [-0.05, 0) is 48.6 Å². The van der Waals surface area contributed by atoms with Crippen LogP contribution in [0.15, 0.2) is 48.5 Å². The Bertz CT molecular complexity index is 1040. The number of nitrogens with one attached hydrogen (secondary N) is 2. The van der Waals surface area contributed by atoms with Gasteiger partial charge in [-0.25, -0.2) is 9.78 Å². The molecular formula is C23H26N6O. The number of carbonyl (C=O) groups is 1. The second-order valence-electron chi connectivity index (χ2n) is 7.27. The Morgan fingerprint density at radius 1 is 0.967 bits per heavy atom. The highest BCUT2D eigenvalue weighted by atomic mass is 16.2. The molecule has 0 unspecified atom stereocenters. The molecule has 1 aliphatic rings. The molecule has 3 aromatic rings. The molecule has 0 aliphatic carbocycles. The van der Waals surface area contributed by atoms with Crippen LogP contribution in [0.5, 0.6) is 0 Å². The molecule has 0 fully saturated rings. The van der Waals surface area contributed by atoms with Crippen LogP contribution in [0.2, 0.25) is 0 Å². The molecule has 2 amide bonds. The molecule has 1 aliphatic heterocycles. The van der Waals surface area contributed by atoms with E-state index in [0.717, 1.165) is 54.1 Å². The van der Waals surface area contributed by atoms with E-state index in [4.69, 9.17) is 4.98 Å². The van der Waals surface area contributed by atoms with E-state index >= 15 is 0 Å². The maximum absolute atomic E-state index is 12.4. The molecule has 4 rings (SSSR count). The molecule has 1 aromatic heterocycles. The molecule has 7 nitrogen and oxygen atoms in total. The van der Waals surface area contributed by atoms with Gasteiger partial charge in [-0.1, -0.05) is 44.2 Å². The number of fused-ring (bicyclic) bond motifs is 1. The Balaban J connectivity index is 1.49. The van der Waals surface area contributed by atoms with Gasteiger partial charge in [0.15, 0.2) is 0 Å². The predicted molar refractivity (Wildman–Crippen MR) is 119 cm³/mol. The van der Waals surface area contributed by atoms with Crippen LogP contribution in [0, 0.1) is 0 Å². The van der Waals surface area contributed by atoms with E-state index in [1.165, 1.54) is 5.56 Å². The molecule has 30 heavy (non-hydrogen) atoms. The van der Waals surface area contributed by atoms with Crippen molar-refractivity contribution >= 4 is 23.4 Å². The number of nitrogens with zero attached hydrogens (tertiary/aromatic N) is 4. The number of hydrogen-bond acceptors (Lipinski definition) is 5. The number of para-hydroxylation sites is 1. The van der Waals surface area contributed by atoms with Gasteiger partial charge >= 0.3 is 6.03 Å². The maximum atomic E-state index is 12.4. The summed E-state index contributed by atoms with van der Waals surface area (Å²) >= 11 is 0. The molecule has 154 valence electrons. The minimum Gasteiger partial charge on any atom is -0.335 e. The minimum atomic E-state index is -0.243. The topological polar surface area (TPSA) is 83.0 Å². The normalized spacial score (nSPS) is 12.9. The maximum Gasteiger partial charge on any atom is 0.323 e. The summed E-state index contributed by atoms with van der Waals surface area (Å²) in [4.78, 5) is 19.3. The zero-order valence-electron chi connectivity index (χ0n) is 17.4. The fraction of sp³-hybridized carbons (Fsp3) is 0.304. The highest BCUT2D eigenvalue weighted by Gasteiger charge is 2.22. The smallest absolute Gasteiger partial charge is 0.323 e. The molecule has 0 spiro atoms. The number of aromatic nitrogens is 3. The van der Waals surface area contributed by atoms with Gasteiger partial charge in [0.2, 0.25) is 5.95 Å². The van der Waals surface area contributed by atoms with Crippen molar-refractivity contribution in [3.8, 4) is 0 Å². The van der Waals surface area contributed by atoms with E-state index < -0.39 is 0 Å². The monoisotopic (exact) mass is 402 g/mol. The van der Waals surface area contributed by atoms with E-state index in [-0.39, 0.29) is 6.03 Å². The van der Waals surface area contributed by atoms with Crippen LogP contribution in [-0.4, -0.2) is 27.8 Å². The number of benzene rings is 2. The van der Waals surface area contributed by atoms with E-state index in [1.807, 2.05) is 42.5 Å². The summed E-state index contributed by atoms with van der Waals surface area (Å²) in [5.74, 6) is 0.676. The number of rotatable bonds is 5. The van der Waals surface area contributed by atoms with Crippen LogP contribution < -0.4 is 15.5 Å². The number of hydrogen-bond donors (Lipinski definition) is 2. The zero-order chi connectivity index (χ0) is 20.9. The van der Waals surface area contributed by atoms with Gasteiger partial charge in [-0.3, -0.25) is 0 Å². The van der Waals surface area contributed by atoms with Crippen LogP contribution in [0.1, 0.15) is 36.4 Å². The lowest BCUT2D eigenvalue weighted by Crippen LogP contribution is -2.33. The molecule has 0 saturated carbocycles. The van der Waals surface area contributed by atoms with Crippen LogP contribution in [0.4, 0.5) is 22.1 Å². The fourth-order valence-corrected chi connectivity index (χ4v) is 3.77. The van der Waals surface area contributed by atoms with Crippen LogP contribution in [0.3, 0.4) is 0 Å². The zero-order valence-corrected chi connectivity index (χ0v) is 17.4. The van der Waals surface area contributed by atoms with Crippen LogP contribution in [0.25, 0.3) is 0 Å². The molecule has 2 aromatic carbocycles. The third kappa shape index (κ3) is 4.25. The van der Waals surface area contributed by atoms with Gasteiger partial charge in [-0.15, -0.1) is 5.10 Å². The van der Waals surface area contributed by atoms with Crippen molar-refractivity contribution in [2.75, 3.05) is 22.1 Å². The van der Waals surface area contributed by atoms with Gasteiger partial charge in [0.1, 0.15) is 0 Å². The van der Waals surface area contributed by atoms with Crippen molar-refractivity contribution in [3.05, 3.63) is 71.0 Å². The highest BCUT2D eigenvalue weighted by molar-refractivity contribution is 6.00. The van der Waals surface area contributed by atoms with Crippen molar-refractivity contribution in [3.63, 3.8) is 0 Å². The van der Waals surface area contributed by atoms with Crippen LogP contribution >= 0.6 is 0 Å². The first-order valence-corrected chi connectivity index (χ1v) is 10.4. The third-order valence-corrected chi connectivity index (χ3v) is 5.33. The first-order chi connectivity index (χ1) is 14.7. The second-order valence-corrected chi connectivity index (χ2v) is 7.27. The highest BCUT2D eigenvalue weighted by Crippen LogP contribution is 2.28. The summed E-state index contributed by atoms with van der Waals surface area (Å²) in [7, 11) is 0. The Morgan fingerprint density at radius 3 is 2.53 bits per heavy atom. The number of anilines is 3. The van der Waals surface area contributed by atoms with Crippen molar-refractivity contribution in [2.24, 2.45) is 0 Å². The summed E-state index contributed by atoms with van der Waals surface area (Å²) in [5, 5.41) is 14.6. The Labute approximate surface area is 176 Å². The first kappa shape index (κ1) is 19.8. The molecule has 0 atom stereocenters. The van der Waals surface area contributed by atoms with Crippen molar-refractivity contribution in [1.29, 1.82) is 0 Å². The Hall–Kier alpha value is -3.48. The largest absolute Gasteiger partial charge is 0.335 e. The van der Waals surface area contributed by atoms with E-state index in [1.54, 1.807) is 0 Å². The number of aryl methyl sites for hydroxylation is 2. The molecule has 0 saturated heterocycles. The summed E-state index contributed by atoms with van der Waals surface area (Å²) in [6.07, 6.45) is 2.49. The quantitative estimate of drug-likeness (QED) is 0.668. The number of urea groups is 1. The van der Waals surface area contributed by atoms with Gasteiger partial charge in [-0.2, -0.15) is 5.10 Å². The van der Waals surface area contributed by atoms with Gasteiger partial charge in [0, 0.05) is 24.5 Å².